The zero-order chi connectivity index (χ0) is 22.8. The van der Waals surface area contributed by atoms with Gasteiger partial charge in [-0.3, -0.25) is 9.59 Å². The molecule has 0 bridgehead atoms. The first-order valence-corrected chi connectivity index (χ1v) is 10.6. The number of carbonyl (C=O) groups is 2. The molecule has 1 atom stereocenters. The zero-order valence-electron chi connectivity index (χ0n) is 18.5. The molecule has 0 aliphatic carbocycles. The van der Waals surface area contributed by atoms with Gasteiger partial charge in [0.25, 0.3) is 0 Å². The van der Waals surface area contributed by atoms with Crippen LogP contribution in [0.1, 0.15) is 40.2 Å². The maximum Gasteiger partial charge on any atom is 0.222 e. The molecule has 9 heteroatoms. The van der Waals surface area contributed by atoms with Gasteiger partial charge in [0.1, 0.15) is 17.3 Å². The van der Waals surface area contributed by atoms with Gasteiger partial charge in [0, 0.05) is 31.0 Å². The Kier molecular flexibility index (Phi) is 5.98. The number of nitrogen functional groups attached to an aromatic ring is 1. The zero-order valence-corrected chi connectivity index (χ0v) is 18.5. The Morgan fingerprint density at radius 3 is 2.66 bits per heavy atom. The summed E-state index contributed by atoms with van der Waals surface area (Å²) >= 11 is 0. The van der Waals surface area contributed by atoms with Crippen molar-refractivity contribution in [1.29, 1.82) is 0 Å². The van der Waals surface area contributed by atoms with Crippen LogP contribution in [0.3, 0.4) is 0 Å². The predicted molar refractivity (Wildman–Crippen MR) is 118 cm³/mol. The molecule has 32 heavy (non-hydrogen) atoms. The Morgan fingerprint density at radius 1 is 1.25 bits per heavy atom. The highest BCUT2D eigenvalue weighted by Crippen LogP contribution is 2.26. The van der Waals surface area contributed by atoms with Crippen molar-refractivity contribution in [3.63, 3.8) is 0 Å². The van der Waals surface area contributed by atoms with Gasteiger partial charge in [-0.25, -0.2) is 4.68 Å². The second-order valence-corrected chi connectivity index (χ2v) is 8.05. The number of hydrogen-bond donors (Lipinski definition) is 1. The van der Waals surface area contributed by atoms with Gasteiger partial charge in [-0.2, -0.15) is 5.10 Å². The molecule has 1 unspecified atom stereocenters. The molecule has 3 heterocycles. The van der Waals surface area contributed by atoms with E-state index in [4.69, 9.17) is 15.0 Å². The number of anilines is 1. The number of aryl methyl sites for hydroxylation is 2. The average Bonchev–Trinajstić information content (AvgIpc) is 3.51. The molecule has 4 rings (SSSR count). The van der Waals surface area contributed by atoms with Crippen LogP contribution in [0.2, 0.25) is 0 Å². The van der Waals surface area contributed by atoms with Crippen LogP contribution in [-0.2, 0) is 11.2 Å². The van der Waals surface area contributed by atoms with Crippen molar-refractivity contribution in [2.45, 2.75) is 33.1 Å². The summed E-state index contributed by atoms with van der Waals surface area (Å²) in [5.41, 5.74) is 9.17. The third-order valence-electron chi connectivity index (χ3n) is 6.07. The molecule has 1 fully saturated rings. The summed E-state index contributed by atoms with van der Waals surface area (Å²) in [4.78, 5) is 27.5. The number of carbonyl (C=O) groups excluding carboxylic acids is 2. The Bertz CT molecular complexity index is 1110. The number of ketones is 1. The number of likely N-dealkylation sites (tertiary alicyclic amines) is 1. The van der Waals surface area contributed by atoms with Crippen LogP contribution in [-0.4, -0.2) is 51.7 Å². The van der Waals surface area contributed by atoms with E-state index in [2.05, 4.69) is 10.3 Å². The van der Waals surface area contributed by atoms with E-state index in [1.165, 1.54) is 10.9 Å². The number of Topliss-reactive ketones (excluding diaryl/α,β-unsaturated/α-hetero) is 1. The quantitative estimate of drug-likeness (QED) is 0.565. The van der Waals surface area contributed by atoms with E-state index in [0.29, 0.717) is 43.7 Å². The van der Waals surface area contributed by atoms with E-state index in [1.807, 2.05) is 26.0 Å². The lowest BCUT2D eigenvalue weighted by molar-refractivity contribution is -0.130. The fourth-order valence-electron chi connectivity index (χ4n) is 4.15. The first kappa shape index (κ1) is 21.6. The van der Waals surface area contributed by atoms with Gasteiger partial charge >= 0.3 is 0 Å². The monoisotopic (exact) mass is 437 g/mol. The minimum Gasteiger partial charge on any atom is -0.497 e. The number of nitrogens with two attached hydrogens (primary N) is 1. The van der Waals surface area contributed by atoms with Crippen LogP contribution in [0.5, 0.6) is 5.75 Å². The first-order valence-electron chi connectivity index (χ1n) is 10.6. The normalized spacial score (nSPS) is 15.8. The molecule has 0 saturated carbocycles. The van der Waals surface area contributed by atoms with Crippen molar-refractivity contribution in [2.75, 3.05) is 25.9 Å². The van der Waals surface area contributed by atoms with Crippen LogP contribution in [0.15, 0.2) is 35.0 Å². The van der Waals surface area contributed by atoms with Crippen molar-refractivity contribution in [3.05, 3.63) is 53.0 Å². The van der Waals surface area contributed by atoms with E-state index in [-0.39, 0.29) is 17.6 Å². The highest BCUT2D eigenvalue weighted by Gasteiger charge is 2.33. The van der Waals surface area contributed by atoms with E-state index >= 15 is 0 Å². The fraction of sp³-hybridized carbons (Fsp3) is 0.391. The summed E-state index contributed by atoms with van der Waals surface area (Å²) in [6.45, 7) is 4.67. The lowest BCUT2D eigenvalue weighted by atomic mass is 9.98. The van der Waals surface area contributed by atoms with Crippen LogP contribution in [0, 0.1) is 19.8 Å². The minimum absolute atomic E-state index is 0.0298. The standard InChI is InChI=1S/C23H27N5O4/c1-14-19(15(2)32-26-14)8-9-21(29)27-11-10-16(13-27)22(30)20-12-25-28(23(20)24)17-4-6-18(31-3)7-5-17/h4-7,12,16H,8-11,13,24H2,1-3H3. The number of aromatic nitrogens is 3. The number of hydrogen-bond acceptors (Lipinski definition) is 7. The summed E-state index contributed by atoms with van der Waals surface area (Å²) in [6, 6.07) is 7.26. The van der Waals surface area contributed by atoms with Gasteiger partial charge in [0.15, 0.2) is 5.78 Å². The summed E-state index contributed by atoms with van der Waals surface area (Å²) in [7, 11) is 1.60. The summed E-state index contributed by atoms with van der Waals surface area (Å²) < 4.78 is 11.9. The molecule has 1 amide bonds. The van der Waals surface area contributed by atoms with Crippen molar-refractivity contribution in [1.82, 2.24) is 19.8 Å². The number of rotatable bonds is 7. The van der Waals surface area contributed by atoms with Crippen LogP contribution in [0.4, 0.5) is 5.82 Å². The summed E-state index contributed by atoms with van der Waals surface area (Å²) in [5, 5.41) is 8.23. The lowest BCUT2D eigenvalue weighted by Crippen LogP contribution is -2.30. The number of nitrogens with zero attached hydrogens (tertiary/aromatic N) is 4. The maximum atomic E-state index is 13.1. The van der Waals surface area contributed by atoms with Crippen LogP contribution >= 0.6 is 0 Å². The first-order chi connectivity index (χ1) is 15.4. The molecular weight excluding hydrogens is 410 g/mol. The molecule has 9 nitrogen and oxygen atoms in total. The number of ether oxygens (including phenoxy) is 1. The average molecular weight is 438 g/mol. The van der Waals surface area contributed by atoms with Gasteiger partial charge in [-0.1, -0.05) is 5.16 Å². The SMILES string of the molecule is COc1ccc(-n2ncc(C(=O)C3CCN(C(=O)CCc4c(C)noc4C)C3)c2N)cc1. The highest BCUT2D eigenvalue weighted by molar-refractivity contribution is 6.02. The molecule has 3 aromatic rings. The third kappa shape index (κ3) is 4.10. The molecule has 2 aromatic heterocycles. The second kappa shape index (κ2) is 8.86. The van der Waals surface area contributed by atoms with E-state index in [0.717, 1.165) is 28.5 Å². The van der Waals surface area contributed by atoms with Crippen molar-refractivity contribution >= 4 is 17.5 Å². The molecular formula is C23H27N5O4. The Balaban J connectivity index is 1.39. The minimum atomic E-state index is -0.283. The molecule has 0 radical (unpaired) electrons. The summed E-state index contributed by atoms with van der Waals surface area (Å²) in [6.07, 6.45) is 3.06. The lowest BCUT2D eigenvalue weighted by Gasteiger charge is -2.16. The molecule has 1 aliphatic rings. The van der Waals surface area contributed by atoms with Crippen LogP contribution < -0.4 is 10.5 Å². The molecule has 0 spiro atoms. The molecule has 1 saturated heterocycles. The number of benzene rings is 1. The summed E-state index contributed by atoms with van der Waals surface area (Å²) in [5.74, 6) is 1.43. The van der Waals surface area contributed by atoms with Gasteiger partial charge in [0.2, 0.25) is 5.91 Å². The smallest absolute Gasteiger partial charge is 0.222 e. The van der Waals surface area contributed by atoms with Gasteiger partial charge in [-0.15, -0.1) is 0 Å². The Hall–Kier alpha value is -3.62. The molecule has 1 aliphatic heterocycles. The maximum absolute atomic E-state index is 13.1. The van der Waals surface area contributed by atoms with Gasteiger partial charge in [-0.05, 0) is 51.0 Å². The molecule has 1 aromatic carbocycles. The Labute approximate surface area is 186 Å². The highest BCUT2D eigenvalue weighted by atomic mass is 16.5. The van der Waals surface area contributed by atoms with Gasteiger partial charge < -0.3 is 19.9 Å². The van der Waals surface area contributed by atoms with Crippen molar-refractivity contribution in [2.24, 2.45) is 5.92 Å². The number of amides is 1. The molecule has 2 N–H and O–H groups in total. The van der Waals surface area contributed by atoms with E-state index < -0.39 is 0 Å². The third-order valence-corrected chi connectivity index (χ3v) is 6.07. The van der Waals surface area contributed by atoms with E-state index in [9.17, 15) is 9.59 Å². The Morgan fingerprint density at radius 2 is 2.00 bits per heavy atom. The predicted octanol–water partition coefficient (Wildman–Crippen LogP) is 2.73. The largest absolute Gasteiger partial charge is 0.497 e. The van der Waals surface area contributed by atoms with Crippen LogP contribution in [0.25, 0.3) is 5.69 Å². The molecule has 168 valence electrons. The number of methoxy groups -OCH3 is 1. The van der Waals surface area contributed by atoms with Crippen molar-refractivity contribution < 1.29 is 18.8 Å². The second-order valence-electron chi connectivity index (χ2n) is 8.05. The fourth-order valence-corrected chi connectivity index (χ4v) is 4.15. The van der Waals surface area contributed by atoms with E-state index in [1.54, 1.807) is 24.1 Å². The van der Waals surface area contributed by atoms with Crippen molar-refractivity contribution in [3.8, 4) is 11.4 Å². The van der Waals surface area contributed by atoms with Gasteiger partial charge in [0.05, 0.1) is 30.3 Å². The topological polar surface area (TPSA) is 116 Å².